The van der Waals surface area contributed by atoms with Gasteiger partial charge in [0.05, 0.1) is 0 Å². The van der Waals surface area contributed by atoms with Gasteiger partial charge in [0.2, 0.25) is 0 Å². The fourth-order valence-electron chi connectivity index (χ4n) is 2.48. The Labute approximate surface area is 262 Å². The smallest absolute Gasteiger partial charge is 0.245 e. The van der Waals surface area contributed by atoms with Crippen LogP contribution >= 0.6 is 0 Å². The van der Waals surface area contributed by atoms with Gasteiger partial charge in [-0.2, -0.15) is 0 Å². The van der Waals surface area contributed by atoms with Crippen LogP contribution in [0, 0.1) is 30.6 Å². The molecule has 0 amide bonds. The van der Waals surface area contributed by atoms with E-state index in [0.717, 1.165) is 44.9 Å². The molecule has 35 heavy (non-hydrogen) atoms. The quantitative estimate of drug-likeness (QED) is 0.142. The zero-order chi connectivity index (χ0) is 21.5. The molecule has 0 aliphatic heterocycles. The van der Waals surface area contributed by atoms with E-state index in [1.807, 2.05) is 31.6 Å². The fourth-order valence-corrected chi connectivity index (χ4v) is 2.48. The van der Waals surface area contributed by atoms with Gasteiger partial charge in [0, 0.05) is 0 Å². The first-order chi connectivity index (χ1) is 13.5. The molecule has 0 nitrogen and oxygen atoms in total. The molecule has 3 heteroatoms. The maximum absolute atomic E-state index is 3.91. The number of rotatable bonds is 16. The van der Waals surface area contributed by atoms with Gasteiger partial charge < -0.3 is 0 Å². The van der Waals surface area contributed by atoms with Crippen molar-refractivity contribution in [3.63, 3.8) is 0 Å². The van der Waals surface area contributed by atoms with Crippen LogP contribution in [0.4, 0.5) is 0 Å². The van der Waals surface area contributed by atoms with Crippen LogP contribution in [0.5, 0.6) is 0 Å². The van der Waals surface area contributed by atoms with Gasteiger partial charge in [-0.05, 0) is 31.1 Å². The van der Waals surface area contributed by atoms with Gasteiger partial charge in [0.15, 0.2) is 0 Å². The summed E-state index contributed by atoms with van der Waals surface area (Å²) in [5.74, 6) is 2.63. The molecule has 2 unspecified atom stereocenters. The van der Waals surface area contributed by atoms with Crippen LogP contribution in [0.25, 0.3) is 0 Å². The summed E-state index contributed by atoms with van der Waals surface area (Å²) in [7, 11) is 0. The van der Waals surface area contributed by atoms with Crippen LogP contribution in [-0.2, 0) is 0 Å². The minimum absolute atomic E-state index is 0. The summed E-state index contributed by atoms with van der Waals surface area (Å²) in [6, 6.07) is 0. The third-order valence-electron chi connectivity index (χ3n) is 4.28. The minimum Gasteiger partial charge on any atom is -0.245 e. The van der Waals surface area contributed by atoms with E-state index in [0.29, 0.717) is 11.8 Å². The van der Waals surface area contributed by atoms with Gasteiger partial charge in [-0.25, -0.2) is 56.2 Å². The van der Waals surface area contributed by atoms with Crippen molar-refractivity contribution in [1.29, 1.82) is 0 Å². The molecule has 192 valence electrons. The normalized spacial score (nSPS) is 10.4. The average molecular weight is 467 g/mol. The van der Waals surface area contributed by atoms with Crippen LogP contribution in [-0.4, -0.2) is 0 Å². The summed E-state index contributed by atoms with van der Waals surface area (Å²) in [6.07, 6.45) is 31.2. The third-order valence-corrected chi connectivity index (χ3v) is 4.28. The Bertz CT molecular complexity index is 450. The minimum atomic E-state index is 0. The van der Waals surface area contributed by atoms with E-state index in [9.17, 15) is 0 Å². The topological polar surface area (TPSA) is 0 Å². The van der Waals surface area contributed by atoms with Crippen LogP contribution in [0.3, 0.4) is 0 Å². The third kappa shape index (κ3) is 51.4. The van der Waals surface area contributed by atoms with E-state index in [1.54, 1.807) is 0 Å². The first kappa shape index (κ1) is 59.8. The molecule has 0 saturated heterocycles. The van der Waals surface area contributed by atoms with Crippen LogP contribution in [0.2, 0.25) is 0 Å². The van der Waals surface area contributed by atoms with E-state index in [1.165, 1.54) is 5.92 Å². The zero-order valence-corrected chi connectivity index (χ0v) is 22.1. The SMILES string of the molecule is C.C.C.C.C=C[C-](CCC=CC(C)CC=CCC)CC(C)C=C.C=C[CH-]CCC=C[CH-]C.[Li+].[Li+].[Li+]. The first-order valence-corrected chi connectivity index (χ1v) is 10.9. The Hall–Kier alpha value is -0.158. The number of allylic oxidation sites excluding steroid dienone is 9. The first-order valence-electron chi connectivity index (χ1n) is 10.9. The van der Waals surface area contributed by atoms with Gasteiger partial charge in [0.25, 0.3) is 0 Å². The van der Waals surface area contributed by atoms with Gasteiger partial charge in [-0.3, -0.25) is 0 Å². The Morgan fingerprint density at radius 1 is 0.829 bits per heavy atom. The van der Waals surface area contributed by atoms with E-state index >= 15 is 0 Å². The predicted molar refractivity (Wildman–Crippen MR) is 159 cm³/mol. The molecule has 0 aromatic heterocycles. The molecule has 0 aromatic rings. The maximum Gasteiger partial charge on any atom is 1.00 e. The largest absolute Gasteiger partial charge is 1.00 e. The van der Waals surface area contributed by atoms with E-state index < -0.39 is 0 Å². The number of hydrogen-bond donors (Lipinski definition) is 0. The molecule has 0 rings (SSSR count). The van der Waals surface area contributed by atoms with Crippen LogP contribution in [0.15, 0.2) is 74.4 Å². The summed E-state index contributed by atoms with van der Waals surface area (Å²) in [4.78, 5) is 0. The Morgan fingerprint density at radius 3 is 1.89 bits per heavy atom. The van der Waals surface area contributed by atoms with Crippen molar-refractivity contribution in [1.82, 2.24) is 0 Å². The van der Waals surface area contributed by atoms with Crippen molar-refractivity contribution in [2.75, 3.05) is 0 Å². The summed E-state index contributed by atoms with van der Waals surface area (Å²) >= 11 is 0. The van der Waals surface area contributed by atoms with Crippen molar-refractivity contribution in [3.05, 3.63) is 93.2 Å². The molecular weight excluding hydrogens is 405 g/mol. The average Bonchev–Trinajstić information content (AvgIpc) is 2.70. The van der Waals surface area contributed by atoms with Crippen molar-refractivity contribution >= 4 is 0 Å². The van der Waals surface area contributed by atoms with Crippen molar-refractivity contribution in [3.8, 4) is 0 Å². The van der Waals surface area contributed by atoms with Crippen molar-refractivity contribution in [2.24, 2.45) is 11.8 Å². The van der Waals surface area contributed by atoms with Gasteiger partial charge in [-0.15, -0.1) is 26.3 Å². The Kier molecular flexibility index (Phi) is 86.5. The van der Waals surface area contributed by atoms with Gasteiger partial charge in [0.1, 0.15) is 0 Å². The zero-order valence-electron chi connectivity index (χ0n) is 22.1. The van der Waals surface area contributed by atoms with E-state index in [4.69, 9.17) is 0 Å². The van der Waals surface area contributed by atoms with Crippen LogP contribution in [0.1, 0.15) is 102 Å². The van der Waals surface area contributed by atoms with Crippen molar-refractivity contribution in [2.45, 2.75) is 102 Å². The predicted octanol–water partition coefficient (Wildman–Crippen LogP) is 2.78. The molecule has 0 saturated carbocycles. The fraction of sp³-hybridized carbons (Fsp3) is 0.531. The summed E-state index contributed by atoms with van der Waals surface area (Å²) in [5, 5.41) is 0. The van der Waals surface area contributed by atoms with Crippen LogP contribution < -0.4 is 56.6 Å². The molecule has 0 N–H and O–H groups in total. The number of hydrogen-bond acceptors (Lipinski definition) is 0. The molecule has 0 fully saturated rings. The standard InChI is InChI=1S/C19H31.C9H14.4CH4.3Li/c1-6-9-10-13-18(5)14-11-12-15-19(8-3)16-17(4)7-2;1-3-5-7-9-8-6-4-2;;;;;;;/h7-11,14,17-18H,2-3,6,12-13,15-16H2,1,4-5H3;3-6,8H,1,7,9H2,2H3;4*1H4;;;/q-1;-2;;;;;3*+1. The number of unbranched alkanes of at least 4 members (excludes halogenated alkanes) is 2. The maximum atomic E-state index is 3.91. The molecule has 0 aliphatic rings. The second kappa shape index (κ2) is 50.7. The Morgan fingerprint density at radius 2 is 1.43 bits per heavy atom. The van der Waals surface area contributed by atoms with Crippen molar-refractivity contribution < 1.29 is 56.6 Å². The second-order valence-electron chi connectivity index (χ2n) is 7.15. The van der Waals surface area contributed by atoms with Gasteiger partial charge in [-0.1, -0.05) is 93.7 Å². The molecule has 2 atom stereocenters. The second-order valence-corrected chi connectivity index (χ2v) is 7.15. The molecule has 0 spiro atoms. The molecule has 0 radical (unpaired) electrons. The van der Waals surface area contributed by atoms with Gasteiger partial charge >= 0.3 is 56.6 Å². The molecule has 0 aliphatic carbocycles. The summed E-state index contributed by atoms with van der Waals surface area (Å²) < 4.78 is 0. The Balaban J connectivity index is -0.0000000532. The van der Waals surface area contributed by atoms with E-state index in [-0.39, 0.29) is 86.3 Å². The van der Waals surface area contributed by atoms with E-state index in [2.05, 4.69) is 83.4 Å². The molecule has 0 heterocycles. The molecule has 0 bridgehead atoms. The molecule has 0 aromatic carbocycles. The monoisotopic (exact) mass is 467 g/mol. The molecular formula is C32H61Li3. The summed E-state index contributed by atoms with van der Waals surface area (Å²) in [5.41, 5.74) is 0. The summed E-state index contributed by atoms with van der Waals surface area (Å²) in [6.45, 7) is 20.0.